The van der Waals surface area contributed by atoms with Crippen molar-refractivity contribution in [3.05, 3.63) is 99.6 Å². The maximum Gasteiger partial charge on any atom is 0.316 e. The standard InChI is InChI=1S/C22H18F2N4O3S/c1-30-21-25-9-15(10-26-21)7-16-11-28(12-17-3-2-6-31-17)22(27-20(16)29)32-13-14-4-5-18(23)19(24)8-14/h2-6,8-11H,7,12-13H2,1H3. The Kier molecular flexibility index (Phi) is 6.60. The molecule has 0 fully saturated rings. The highest BCUT2D eigenvalue weighted by molar-refractivity contribution is 7.98. The molecule has 0 saturated carbocycles. The van der Waals surface area contributed by atoms with E-state index in [-0.39, 0.29) is 11.6 Å². The van der Waals surface area contributed by atoms with Gasteiger partial charge in [0.05, 0.1) is 19.9 Å². The molecule has 0 aliphatic heterocycles. The molecule has 0 radical (unpaired) electrons. The van der Waals surface area contributed by atoms with Crippen molar-refractivity contribution < 1.29 is 17.9 Å². The molecule has 0 atom stereocenters. The Morgan fingerprint density at radius 1 is 1.12 bits per heavy atom. The van der Waals surface area contributed by atoms with Crippen LogP contribution >= 0.6 is 11.8 Å². The van der Waals surface area contributed by atoms with Crippen LogP contribution in [0.25, 0.3) is 0 Å². The van der Waals surface area contributed by atoms with E-state index < -0.39 is 11.6 Å². The van der Waals surface area contributed by atoms with Crippen molar-refractivity contribution in [1.29, 1.82) is 0 Å². The molecule has 1 aromatic carbocycles. The zero-order valence-electron chi connectivity index (χ0n) is 17.0. The Bertz CT molecular complexity index is 1260. The highest BCUT2D eigenvalue weighted by Gasteiger charge is 2.13. The number of methoxy groups -OCH3 is 1. The number of hydrogen-bond donors (Lipinski definition) is 0. The number of ether oxygens (including phenoxy) is 1. The van der Waals surface area contributed by atoms with E-state index in [2.05, 4.69) is 15.0 Å². The van der Waals surface area contributed by atoms with Crippen molar-refractivity contribution in [2.75, 3.05) is 7.11 Å². The molecule has 4 aromatic rings. The third-order valence-electron chi connectivity index (χ3n) is 4.55. The molecule has 0 saturated heterocycles. The normalized spacial score (nSPS) is 11.0. The van der Waals surface area contributed by atoms with Gasteiger partial charge in [-0.2, -0.15) is 4.98 Å². The fourth-order valence-corrected chi connectivity index (χ4v) is 3.88. The first-order chi connectivity index (χ1) is 15.5. The number of rotatable bonds is 8. The van der Waals surface area contributed by atoms with Gasteiger partial charge in [0.15, 0.2) is 16.8 Å². The Hall–Kier alpha value is -3.53. The van der Waals surface area contributed by atoms with Gasteiger partial charge in [0.1, 0.15) is 5.76 Å². The van der Waals surface area contributed by atoms with Crippen LogP contribution in [0.5, 0.6) is 6.01 Å². The minimum Gasteiger partial charge on any atom is -0.467 e. The quantitative estimate of drug-likeness (QED) is 0.294. The number of thioether (sulfide) groups is 1. The van der Waals surface area contributed by atoms with Gasteiger partial charge in [0.25, 0.3) is 5.56 Å². The lowest BCUT2D eigenvalue weighted by Gasteiger charge is -2.13. The van der Waals surface area contributed by atoms with Crippen molar-refractivity contribution in [2.24, 2.45) is 0 Å². The summed E-state index contributed by atoms with van der Waals surface area (Å²) < 4.78 is 38.9. The molecule has 0 amide bonds. The third kappa shape index (κ3) is 5.20. The van der Waals surface area contributed by atoms with Gasteiger partial charge in [-0.15, -0.1) is 0 Å². The smallest absolute Gasteiger partial charge is 0.316 e. The van der Waals surface area contributed by atoms with Crippen molar-refractivity contribution in [2.45, 2.75) is 23.9 Å². The molecule has 0 unspecified atom stereocenters. The van der Waals surface area contributed by atoms with Gasteiger partial charge in [0.2, 0.25) is 0 Å². The molecule has 3 aromatic heterocycles. The average molecular weight is 456 g/mol. The van der Waals surface area contributed by atoms with Gasteiger partial charge in [-0.25, -0.2) is 18.7 Å². The van der Waals surface area contributed by atoms with Crippen molar-refractivity contribution in [1.82, 2.24) is 19.5 Å². The molecular formula is C22H18F2N4O3S. The number of hydrogen-bond acceptors (Lipinski definition) is 7. The van der Waals surface area contributed by atoms with E-state index in [9.17, 15) is 13.6 Å². The highest BCUT2D eigenvalue weighted by atomic mass is 32.2. The summed E-state index contributed by atoms with van der Waals surface area (Å²) in [6, 6.07) is 7.54. The second kappa shape index (κ2) is 9.73. The summed E-state index contributed by atoms with van der Waals surface area (Å²) in [5, 5.41) is 0.436. The summed E-state index contributed by atoms with van der Waals surface area (Å²) in [6.45, 7) is 0.354. The summed E-state index contributed by atoms with van der Waals surface area (Å²) in [5.74, 6) is -0.823. The van der Waals surface area contributed by atoms with Crippen LogP contribution in [0.2, 0.25) is 0 Å². The van der Waals surface area contributed by atoms with E-state index in [1.807, 2.05) is 6.07 Å². The van der Waals surface area contributed by atoms with E-state index in [1.165, 1.54) is 24.9 Å². The third-order valence-corrected chi connectivity index (χ3v) is 5.61. The molecule has 0 N–H and O–H groups in total. The van der Waals surface area contributed by atoms with Crippen LogP contribution in [0.4, 0.5) is 8.78 Å². The molecule has 4 rings (SSSR count). The zero-order valence-corrected chi connectivity index (χ0v) is 17.8. The molecule has 32 heavy (non-hydrogen) atoms. The Balaban J connectivity index is 1.61. The number of halogens is 2. The SMILES string of the molecule is COc1ncc(Cc2cn(Cc3ccco3)c(SCc3ccc(F)c(F)c3)nc2=O)cn1. The summed E-state index contributed by atoms with van der Waals surface area (Å²) in [4.78, 5) is 25.1. The van der Waals surface area contributed by atoms with Gasteiger partial charge in [0, 0.05) is 36.3 Å². The van der Waals surface area contributed by atoms with Crippen LogP contribution in [0.3, 0.4) is 0 Å². The summed E-state index contributed by atoms with van der Waals surface area (Å²) in [7, 11) is 1.48. The number of nitrogens with zero attached hydrogens (tertiary/aromatic N) is 4. The number of aromatic nitrogens is 4. The average Bonchev–Trinajstić information content (AvgIpc) is 3.31. The minimum atomic E-state index is -0.916. The lowest BCUT2D eigenvalue weighted by Crippen LogP contribution is -2.20. The Morgan fingerprint density at radius 3 is 2.62 bits per heavy atom. The van der Waals surface area contributed by atoms with Crippen LogP contribution in [0.15, 0.2) is 69.6 Å². The van der Waals surface area contributed by atoms with E-state index in [0.29, 0.717) is 40.8 Å². The lowest BCUT2D eigenvalue weighted by atomic mass is 10.1. The van der Waals surface area contributed by atoms with Gasteiger partial charge >= 0.3 is 6.01 Å². The first-order valence-corrected chi connectivity index (χ1v) is 10.5. The fourth-order valence-electron chi connectivity index (χ4n) is 2.98. The van der Waals surface area contributed by atoms with Gasteiger partial charge < -0.3 is 13.7 Å². The second-order valence-electron chi connectivity index (χ2n) is 6.85. The summed E-state index contributed by atoms with van der Waals surface area (Å²) in [5.41, 5.74) is 1.38. The Morgan fingerprint density at radius 2 is 1.94 bits per heavy atom. The Labute approximate surface area is 186 Å². The molecule has 0 spiro atoms. The minimum absolute atomic E-state index is 0.242. The molecule has 0 aliphatic carbocycles. The van der Waals surface area contributed by atoms with Crippen LogP contribution < -0.4 is 10.3 Å². The van der Waals surface area contributed by atoms with Crippen LogP contribution in [0, 0.1) is 11.6 Å². The summed E-state index contributed by atoms with van der Waals surface area (Å²) in [6.07, 6.45) is 6.76. The predicted molar refractivity (Wildman–Crippen MR) is 114 cm³/mol. The van der Waals surface area contributed by atoms with Gasteiger partial charge in [-0.3, -0.25) is 4.79 Å². The molecule has 0 aliphatic rings. The molecule has 10 heteroatoms. The fraction of sp³-hybridized carbons (Fsp3) is 0.182. The maximum absolute atomic E-state index is 13.5. The van der Waals surface area contributed by atoms with Crippen molar-refractivity contribution in [3.63, 3.8) is 0 Å². The molecule has 3 heterocycles. The molecular weight excluding hydrogens is 438 g/mol. The molecule has 164 valence electrons. The van der Waals surface area contributed by atoms with Crippen LogP contribution in [-0.4, -0.2) is 26.6 Å². The first-order valence-electron chi connectivity index (χ1n) is 9.56. The highest BCUT2D eigenvalue weighted by Crippen LogP contribution is 2.23. The first kappa shape index (κ1) is 21.7. The van der Waals surface area contributed by atoms with Crippen LogP contribution in [0.1, 0.15) is 22.5 Å². The van der Waals surface area contributed by atoms with Gasteiger partial charge in [-0.1, -0.05) is 17.8 Å². The predicted octanol–water partition coefficient (Wildman–Crippen LogP) is 3.84. The molecule has 0 bridgehead atoms. The second-order valence-corrected chi connectivity index (χ2v) is 7.80. The lowest BCUT2D eigenvalue weighted by molar-refractivity contribution is 0.379. The van der Waals surface area contributed by atoms with E-state index in [4.69, 9.17) is 9.15 Å². The monoisotopic (exact) mass is 456 g/mol. The summed E-state index contributed by atoms with van der Waals surface area (Å²) >= 11 is 1.25. The number of furan rings is 1. The van der Waals surface area contributed by atoms with Crippen molar-refractivity contribution >= 4 is 11.8 Å². The topological polar surface area (TPSA) is 83.0 Å². The van der Waals surface area contributed by atoms with E-state index in [1.54, 1.807) is 35.5 Å². The van der Waals surface area contributed by atoms with E-state index >= 15 is 0 Å². The van der Waals surface area contributed by atoms with Gasteiger partial charge in [-0.05, 0) is 35.4 Å². The van der Waals surface area contributed by atoms with E-state index in [0.717, 1.165) is 17.7 Å². The number of benzene rings is 1. The van der Waals surface area contributed by atoms with Crippen LogP contribution in [-0.2, 0) is 18.7 Å². The molecule has 7 nitrogen and oxygen atoms in total. The maximum atomic E-state index is 13.5. The van der Waals surface area contributed by atoms with Crippen molar-refractivity contribution in [3.8, 4) is 6.01 Å². The largest absolute Gasteiger partial charge is 0.467 e. The zero-order chi connectivity index (χ0) is 22.5.